The van der Waals surface area contributed by atoms with Crippen molar-refractivity contribution in [3.63, 3.8) is 0 Å². The Hall–Kier alpha value is -2.00. The van der Waals surface area contributed by atoms with Crippen LogP contribution in [0.15, 0.2) is 30.3 Å². The lowest BCUT2D eigenvalue weighted by molar-refractivity contribution is -0.152. The van der Waals surface area contributed by atoms with Crippen LogP contribution in [0.4, 0.5) is 0 Å². The van der Waals surface area contributed by atoms with E-state index in [0.29, 0.717) is 6.54 Å². The number of benzene rings is 1. The molecule has 5 nitrogen and oxygen atoms in total. The molecule has 0 aliphatic heterocycles. The van der Waals surface area contributed by atoms with Gasteiger partial charge in [-0.25, -0.2) is 0 Å². The zero-order chi connectivity index (χ0) is 17.3. The van der Waals surface area contributed by atoms with E-state index < -0.39 is 5.97 Å². The van der Waals surface area contributed by atoms with Gasteiger partial charge in [0.25, 0.3) is 5.91 Å². The molecule has 0 aliphatic carbocycles. The van der Waals surface area contributed by atoms with Crippen molar-refractivity contribution in [2.24, 2.45) is 0 Å². The first-order valence-electron chi connectivity index (χ1n) is 7.29. The molecule has 0 radical (unpaired) electrons. The Labute approximate surface area is 141 Å². The van der Waals surface area contributed by atoms with E-state index in [-0.39, 0.29) is 29.6 Å². The third kappa shape index (κ3) is 7.20. The molecular formula is C17H22N2O3S. The van der Waals surface area contributed by atoms with Crippen molar-refractivity contribution in [2.45, 2.75) is 32.9 Å². The minimum Gasteiger partial charge on any atom is -0.455 e. The molecule has 0 bridgehead atoms. The lowest BCUT2D eigenvalue weighted by Gasteiger charge is -2.35. The number of amides is 1. The second-order valence-electron chi connectivity index (χ2n) is 5.95. The summed E-state index contributed by atoms with van der Waals surface area (Å²) in [5, 5.41) is 8.42. The number of rotatable bonds is 7. The van der Waals surface area contributed by atoms with Gasteiger partial charge in [0.1, 0.15) is 0 Å². The lowest BCUT2D eigenvalue weighted by atomic mass is 10.0. The van der Waals surface area contributed by atoms with E-state index in [9.17, 15) is 9.59 Å². The molecule has 0 aliphatic rings. The Morgan fingerprint density at radius 1 is 1.26 bits per heavy atom. The Bertz CT molecular complexity index is 561. The van der Waals surface area contributed by atoms with Crippen molar-refractivity contribution in [1.82, 2.24) is 4.90 Å². The molecule has 0 heterocycles. The van der Waals surface area contributed by atoms with Crippen LogP contribution in [0, 0.1) is 11.3 Å². The topological polar surface area (TPSA) is 70.4 Å². The van der Waals surface area contributed by atoms with Gasteiger partial charge in [0.05, 0.1) is 17.6 Å². The van der Waals surface area contributed by atoms with Crippen molar-refractivity contribution < 1.29 is 14.3 Å². The molecule has 1 rings (SSSR count). The average Bonchev–Trinajstić information content (AvgIpc) is 2.50. The molecule has 124 valence electrons. The fourth-order valence-electron chi connectivity index (χ4n) is 1.91. The van der Waals surface area contributed by atoms with E-state index in [1.807, 2.05) is 57.2 Å². The van der Waals surface area contributed by atoms with Gasteiger partial charge in [-0.3, -0.25) is 9.59 Å². The number of esters is 1. The molecular weight excluding hydrogens is 312 g/mol. The summed E-state index contributed by atoms with van der Waals surface area (Å²) in [5.74, 6) is -0.410. The molecule has 0 atom stereocenters. The standard InChI is InChI=1S/C17H22N2O3S/c1-17(2,3)19(11-14-7-5-4-6-8-14)15(20)12-22-16(21)13-23-10-9-18/h4-8H,10-13H2,1-3H3. The molecule has 0 aromatic heterocycles. The molecule has 0 saturated carbocycles. The van der Waals surface area contributed by atoms with Gasteiger partial charge in [-0.2, -0.15) is 5.26 Å². The summed E-state index contributed by atoms with van der Waals surface area (Å²) in [5.41, 5.74) is 0.640. The maximum atomic E-state index is 12.4. The zero-order valence-electron chi connectivity index (χ0n) is 13.7. The van der Waals surface area contributed by atoms with Gasteiger partial charge in [0, 0.05) is 12.1 Å². The van der Waals surface area contributed by atoms with Gasteiger partial charge in [-0.15, -0.1) is 11.8 Å². The monoisotopic (exact) mass is 334 g/mol. The number of nitrogens with zero attached hydrogens (tertiary/aromatic N) is 2. The number of nitriles is 1. The van der Waals surface area contributed by atoms with Crippen molar-refractivity contribution >= 4 is 23.6 Å². The Kier molecular flexibility index (Phi) is 7.63. The minimum absolute atomic E-state index is 0.0784. The molecule has 1 aromatic carbocycles. The minimum atomic E-state index is -0.479. The SMILES string of the molecule is CC(C)(C)N(Cc1ccccc1)C(=O)COC(=O)CSCC#N. The number of hydrogen-bond acceptors (Lipinski definition) is 5. The van der Waals surface area contributed by atoms with E-state index in [1.165, 1.54) is 11.8 Å². The van der Waals surface area contributed by atoms with Crippen molar-refractivity contribution in [3.05, 3.63) is 35.9 Å². The molecule has 23 heavy (non-hydrogen) atoms. The summed E-state index contributed by atoms with van der Waals surface area (Å²) >= 11 is 1.17. The summed E-state index contributed by atoms with van der Waals surface area (Å²) in [7, 11) is 0. The van der Waals surface area contributed by atoms with Crippen LogP contribution in [-0.2, 0) is 20.9 Å². The molecule has 6 heteroatoms. The van der Waals surface area contributed by atoms with E-state index in [2.05, 4.69) is 0 Å². The smallest absolute Gasteiger partial charge is 0.316 e. The third-order valence-electron chi connectivity index (χ3n) is 3.04. The second-order valence-corrected chi connectivity index (χ2v) is 6.93. The maximum absolute atomic E-state index is 12.4. The fourth-order valence-corrected chi connectivity index (χ4v) is 2.35. The summed E-state index contributed by atoms with van der Waals surface area (Å²) in [6.07, 6.45) is 0. The van der Waals surface area contributed by atoms with Crippen molar-refractivity contribution in [2.75, 3.05) is 18.1 Å². The Balaban J connectivity index is 2.60. The molecule has 0 unspecified atom stereocenters. The maximum Gasteiger partial charge on any atom is 0.316 e. The van der Waals surface area contributed by atoms with Crippen LogP contribution in [-0.4, -0.2) is 40.4 Å². The first-order valence-corrected chi connectivity index (χ1v) is 8.45. The first kappa shape index (κ1) is 19.0. The third-order valence-corrected chi connectivity index (χ3v) is 3.81. The molecule has 0 saturated heterocycles. The van der Waals surface area contributed by atoms with Gasteiger partial charge in [-0.1, -0.05) is 30.3 Å². The summed E-state index contributed by atoms with van der Waals surface area (Å²) in [6, 6.07) is 11.6. The molecule has 1 aromatic rings. The van der Waals surface area contributed by atoms with Crippen LogP contribution < -0.4 is 0 Å². The van der Waals surface area contributed by atoms with E-state index in [1.54, 1.807) is 4.90 Å². The van der Waals surface area contributed by atoms with Crippen LogP contribution in [0.1, 0.15) is 26.3 Å². The molecule has 0 fully saturated rings. The number of ether oxygens (including phenoxy) is 1. The van der Waals surface area contributed by atoms with E-state index in [4.69, 9.17) is 10.00 Å². The summed E-state index contributed by atoms with van der Waals surface area (Å²) < 4.78 is 5.00. The number of thioether (sulfide) groups is 1. The number of carbonyl (C=O) groups is 2. The van der Waals surface area contributed by atoms with E-state index in [0.717, 1.165) is 5.56 Å². The highest BCUT2D eigenvalue weighted by Crippen LogP contribution is 2.17. The molecule has 1 amide bonds. The van der Waals surface area contributed by atoms with Gasteiger partial charge >= 0.3 is 5.97 Å². The van der Waals surface area contributed by atoms with E-state index >= 15 is 0 Å². The second kappa shape index (κ2) is 9.21. The number of hydrogen-bond donors (Lipinski definition) is 0. The van der Waals surface area contributed by atoms with Gasteiger partial charge in [0.2, 0.25) is 0 Å². The van der Waals surface area contributed by atoms with Crippen LogP contribution in [0.25, 0.3) is 0 Å². The highest BCUT2D eigenvalue weighted by Gasteiger charge is 2.27. The van der Waals surface area contributed by atoms with Gasteiger partial charge < -0.3 is 9.64 Å². The zero-order valence-corrected chi connectivity index (χ0v) is 14.6. The highest BCUT2D eigenvalue weighted by molar-refractivity contribution is 8.00. The normalized spacial score (nSPS) is 10.7. The predicted molar refractivity (Wildman–Crippen MR) is 90.6 cm³/mol. The van der Waals surface area contributed by atoms with Crippen molar-refractivity contribution in [1.29, 1.82) is 5.26 Å². The predicted octanol–water partition coefficient (Wildman–Crippen LogP) is 2.61. The number of carbonyl (C=O) groups excluding carboxylic acids is 2. The van der Waals surface area contributed by atoms with Crippen molar-refractivity contribution in [3.8, 4) is 6.07 Å². The lowest BCUT2D eigenvalue weighted by Crippen LogP contribution is -2.46. The van der Waals surface area contributed by atoms with Gasteiger partial charge in [0.15, 0.2) is 6.61 Å². The van der Waals surface area contributed by atoms with Crippen LogP contribution in [0.2, 0.25) is 0 Å². The quantitative estimate of drug-likeness (QED) is 0.566. The average molecular weight is 334 g/mol. The molecule has 0 N–H and O–H groups in total. The Morgan fingerprint density at radius 3 is 2.48 bits per heavy atom. The highest BCUT2D eigenvalue weighted by atomic mass is 32.2. The fraction of sp³-hybridized carbons (Fsp3) is 0.471. The molecule has 0 spiro atoms. The largest absolute Gasteiger partial charge is 0.455 e. The Morgan fingerprint density at radius 2 is 1.91 bits per heavy atom. The summed E-state index contributed by atoms with van der Waals surface area (Å²) in [4.78, 5) is 25.6. The first-order chi connectivity index (χ1) is 10.8. The summed E-state index contributed by atoms with van der Waals surface area (Å²) in [6.45, 7) is 6.01. The van der Waals surface area contributed by atoms with Crippen LogP contribution in [0.3, 0.4) is 0 Å². The van der Waals surface area contributed by atoms with Gasteiger partial charge in [-0.05, 0) is 26.3 Å². The van der Waals surface area contributed by atoms with Crippen LogP contribution in [0.5, 0.6) is 0 Å². The van der Waals surface area contributed by atoms with Crippen LogP contribution >= 0.6 is 11.8 Å².